The van der Waals surface area contributed by atoms with E-state index in [4.69, 9.17) is 0 Å². The van der Waals surface area contributed by atoms with Crippen molar-refractivity contribution in [2.75, 3.05) is 5.32 Å². The van der Waals surface area contributed by atoms with Gasteiger partial charge in [0, 0.05) is 29.6 Å². The van der Waals surface area contributed by atoms with Crippen LogP contribution in [0, 0.1) is 20.8 Å². The van der Waals surface area contributed by atoms with Crippen LogP contribution in [-0.4, -0.2) is 19.6 Å². The van der Waals surface area contributed by atoms with Gasteiger partial charge in [-0.05, 0) is 32.4 Å². The number of H-pyrrole nitrogens is 1. The van der Waals surface area contributed by atoms with Gasteiger partial charge in [-0.3, -0.25) is 9.59 Å². The van der Waals surface area contributed by atoms with Gasteiger partial charge in [0.2, 0.25) is 10.1 Å². The number of aryl methyl sites for hydroxylation is 3. The second-order valence-electron chi connectivity index (χ2n) is 5.13. The lowest BCUT2D eigenvalue weighted by molar-refractivity contribution is 0.885. The molecule has 0 saturated carbocycles. The molecule has 0 radical (unpaired) electrons. The third-order valence-electron chi connectivity index (χ3n) is 3.28. The molecular weight excluding hydrogens is 302 g/mol. The molecule has 114 valence electrons. The molecular formula is C14H15N5O2S. The monoisotopic (exact) mass is 317 g/mol. The Morgan fingerprint density at radius 3 is 2.77 bits per heavy atom. The highest BCUT2D eigenvalue weighted by molar-refractivity contribution is 7.20. The van der Waals surface area contributed by atoms with Gasteiger partial charge in [0.1, 0.15) is 0 Å². The molecule has 3 rings (SSSR count). The highest BCUT2D eigenvalue weighted by atomic mass is 32.1. The first-order chi connectivity index (χ1) is 10.4. The SMILES string of the molecule is Cc1cc(=O)n2nc(NCc3c(C)cc(C)[nH]c3=O)sc2n1. The van der Waals surface area contributed by atoms with Crippen LogP contribution in [0.5, 0.6) is 0 Å². The van der Waals surface area contributed by atoms with Gasteiger partial charge >= 0.3 is 0 Å². The molecule has 0 unspecified atom stereocenters. The fourth-order valence-electron chi connectivity index (χ4n) is 2.26. The van der Waals surface area contributed by atoms with E-state index in [2.05, 4.69) is 20.4 Å². The molecule has 0 spiro atoms. The van der Waals surface area contributed by atoms with Crippen molar-refractivity contribution in [2.24, 2.45) is 0 Å². The number of rotatable bonds is 3. The normalized spacial score (nSPS) is 11.0. The summed E-state index contributed by atoms with van der Waals surface area (Å²) in [7, 11) is 0. The fraction of sp³-hybridized carbons (Fsp3) is 0.286. The maximum absolute atomic E-state index is 12.0. The van der Waals surface area contributed by atoms with Crippen LogP contribution < -0.4 is 16.4 Å². The van der Waals surface area contributed by atoms with E-state index in [0.29, 0.717) is 27.9 Å². The fourth-order valence-corrected chi connectivity index (χ4v) is 3.10. The van der Waals surface area contributed by atoms with Gasteiger partial charge in [-0.25, -0.2) is 4.98 Å². The van der Waals surface area contributed by atoms with E-state index in [0.717, 1.165) is 11.3 Å². The van der Waals surface area contributed by atoms with E-state index in [1.807, 2.05) is 19.9 Å². The maximum atomic E-state index is 12.0. The molecule has 0 aliphatic carbocycles. The molecule has 2 N–H and O–H groups in total. The minimum absolute atomic E-state index is 0.114. The zero-order chi connectivity index (χ0) is 15.9. The highest BCUT2D eigenvalue weighted by Crippen LogP contribution is 2.17. The molecule has 3 aromatic rings. The van der Waals surface area contributed by atoms with Crippen molar-refractivity contribution in [1.82, 2.24) is 19.6 Å². The molecule has 3 heterocycles. The van der Waals surface area contributed by atoms with Crippen molar-refractivity contribution in [1.29, 1.82) is 0 Å². The molecule has 0 aromatic carbocycles. The number of pyridine rings is 1. The average molecular weight is 317 g/mol. The Hall–Kier alpha value is -2.48. The van der Waals surface area contributed by atoms with Crippen molar-refractivity contribution >= 4 is 21.4 Å². The summed E-state index contributed by atoms with van der Waals surface area (Å²) in [6.45, 7) is 5.85. The molecule has 0 aliphatic heterocycles. The molecule has 3 aromatic heterocycles. The first-order valence-electron chi connectivity index (χ1n) is 6.75. The Balaban J connectivity index is 1.90. The zero-order valence-electron chi connectivity index (χ0n) is 12.4. The summed E-state index contributed by atoms with van der Waals surface area (Å²) < 4.78 is 1.26. The number of aromatic amines is 1. The van der Waals surface area contributed by atoms with E-state index in [9.17, 15) is 9.59 Å². The summed E-state index contributed by atoms with van der Waals surface area (Å²) in [6, 6.07) is 3.36. The van der Waals surface area contributed by atoms with Crippen molar-refractivity contribution in [2.45, 2.75) is 27.3 Å². The van der Waals surface area contributed by atoms with Crippen LogP contribution in [-0.2, 0) is 6.54 Å². The lowest BCUT2D eigenvalue weighted by atomic mass is 10.1. The molecule has 7 nitrogen and oxygen atoms in total. The average Bonchev–Trinajstić information content (AvgIpc) is 2.80. The number of nitrogens with one attached hydrogen (secondary N) is 2. The second-order valence-corrected chi connectivity index (χ2v) is 6.09. The Bertz CT molecular complexity index is 970. The quantitative estimate of drug-likeness (QED) is 0.761. The maximum Gasteiger partial charge on any atom is 0.275 e. The zero-order valence-corrected chi connectivity index (χ0v) is 13.2. The second kappa shape index (κ2) is 5.38. The number of nitrogens with zero attached hydrogens (tertiary/aromatic N) is 3. The smallest absolute Gasteiger partial charge is 0.275 e. The van der Waals surface area contributed by atoms with E-state index in [1.165, 1.54) is 21.9 Å². The predicted octanol–water partition coefficient (Wildman–Crippen LogP) is 1.38. The van der Waals surface area contributed by atoms with Gasteiger partial charge in [-0.1, -0.05) is 11.3 Å². The van der Waals surface area contributed by atoms with Gasteiger partial charge < -0.3 is 10.3 Å². The van der Waals surface area contributed by atoms with E-state index < -0.39 is 0 Å². The van der Waals surface area contributed by atoms with Crippen LogP contribution in [0.1, 0.15) is 22.5 Å². The van der Waals surface area contributed by atoms with Crippen molar-refractivity contribution < 1.29 is 0 Å². The van der Waals surface area contributed by atoms with Crippen molar-refractivity contribution in [3.8, 4) is 0 Å². The first kappa shape index (κ1) is 14.5. The summed E-state index contributed by atoms with van der Waals surface area (Å²) in [5.41, 5.74) is 2.74. The Kier molecular flexibility index (Phi) is 3.53. The topological polar surface area (TPSA) is 92.2 Å². The van der Waals surface area contributed by atoms with Crippen LogP contribution in [0.3, 0.4) is 0 Å². The van der Waals surface area contributed by atoms with E-state index in [-0.39, 0.29) is 11.1 Å². The predicted molar refractivity (Wildman–Crippen MR) is 85.7 cm³/mol. The molecule has 0 amide bonds. The standard InChI is InChI=1S/C14H15N5O2S/c1-7-4-8(2)16-12(21)10(7)6-15-13-18-19-11(20)5-9(3)17-14(19)22-13/h4-5H,6H2,1-3H3,(H,15,18)(H,16,21). The molecule has 0 bridgehead atoms. The molecule has 22 heavy (non-hydrogen) atoms. The summed E-state index contributed by atoms with van der Waals surface area (Å²) >= 11 is 1.28. The van der Waals surface area contributed by atoms with Crippen molar-refractivity contribution in [3.63, 3.8) is 0 Å². The Labute approximate surface area is 129 Å². The van der Waals surface area contributed by atoms with Gasteiger partial charge in [-0.15, -0.1) is 5.10 Å². The van der Waals surface area contributed by atoms with Crippen LogP contribution >= 0.6 is 11.3 Å². The van der Waals surface area contributed by atoms with Crippen LogP contribution in [0.15, 0.2) is 21.7 Å². The third-order valence-corrected chi connectivity index (χ3v) is 4.15. The summed E-state index contributed by atoms with van der Waals surface area (Å²) in [5, 5.41) is 7.82. The number of hydrogen-bond donors (Lipinski definition) is 2. The minimum Gasteiger partial charge on any atom is -0.356 e. The molecule has 0 saturated heterocycles. The first-order valence-corrected chi connectivity index (χ1v) is 7.56. The molecule has 8 heteroatoms. The summed E-state index contributed by atoms with van der Waals surface area (Å²) in [6.07, 6.45) is 0. The van der Waals surface area contributed by atoms with Crippen LogP contribution in [0.2, 0.25) is 0 Å². The molecule has 0 fully saturated rings. The van der Waals surface area contributed by atoms with Gasteiger partial charge in [0.25, 0.3) is 11.1 Å². The van der Waals surface area contributed by atoms with Crippen LogP contribution in [0.4, 0.5) is 5.13 Å². The van der Waals surface area contributed by atoms with Gasteiger partial charge in [-0.2, -0.15) is 4.52 Å². The van der Waals surface area contributed by atoms with E-state index >= 15 is 0 Å². The van der Waals surface area contributed by atoms with Gasteiger partial charge in [0.05, 0.1) is 0 Å². The highest BCUT2D eigenvalue weighted by Gasteiger charge is 2.09. The number of fused-ring (bicyclic) bond motifs is 1. The molecule has 0 atom stereocenters. The lowest BCUT2D eigenvalue weighted by Crippen LogP contribution is -2.18. The molecule has 0 aliphatic rings. The number of hydrogen-bond acceptors (Lipinski definition) is 6. The Morgan fingerprint density at radius 2 is 2.05 bits per heavy atom. The van der Waals surface area contributed by atoms with E-state index in [1.54, 1.807) is 6.92 Å². The van der Waals surface area contributed by atoms with Crippen LogP contribution in [0.25, 0.3) is 4.96 Å². The third kappa shape index (κ3) is 2.64. The largest absolute Gasteiger partial charge is 0.356 e. The summed E-state index contributed by atoms with van der Waals surface area (Å²) in [5.74, 6) is 0. The van der Waals surface area contributed by atoms with Crippen molar-refractivity contribution in [3.05, 3.63) is 55.4 Å². The minimum atomic E-state index is -0.212. The Morgan fingerprint density at radius 1 is 1.27 bits per heavy atom. The number of aromatic nitrogens is 4. The van der Waals surface area contributed by atoms with Gasteiger partial charge in [0.15, 0.2) is 0 Å². The summed E-state index contributed by atoms with van der Waals surface area (Å²) in [4.78, 5) is 31.4. The lowest BCUT2D eigenvalue weighted by Gasteiger charge is -2.06. The number of anilines is 1.